The van der Waals surface area contributed by atoms with Gasteiger partial charge < -0.3 is 0 Å². The molecular formula is C8H3ClFNO. The maximum Gasteiger partial charge on any atom is 0.253 e. The van der Waals surface area contributed by atoms with E-state index in [1.54, 1.807) is 6.07 Å². The highest BCUT2D eigenvalue weighted by Crippen LogP contribution is 2.14. The minimum absolute atomic E-state index is 0.0980. The molecule has 1 rings (SSSR count). The van der Waals surface area contributed by atoms with E-state index in [4.69, 9.17) is 16.9 Å². The summed E-state index contributed by atoms with van der Waals surface area (Å²) in [5.41, 5.74) is -0.406. The molecule has 0 aliphatic carbocycles. The summed E-state index contributed by atoms with van der Waals surface area (Å²) in [5.74, 6) is -0.732. The molecule has 0 bridgehead atoms. The molecule has 60 valence electrons. The number of nitrogens with zero attached hydrogens (tertiary/aromatic N) is 1. The smallest absolute Gasteiger partial charge is 0.253 e. The van der Waals surface area contributed by atoms with E-state index in [9.17, 15) is 9.18 Å². The van der Waals surface area contributed by atoms with Crippen LogP contribution in [0.15, 0.2) is 18.2 Å². The van der Waals surface area contributed by atoms with Gasteiger partial charge in [0, 0.05) is 0 Å². The second-order valence-corrected chi connectivity index (χ2v) is 2.39. The second kappa shape index (κ2) is 3.33. The van der Waals surface area contributed by atoms with Crippen molar-refractivity contribution in [3.05, 3.63) is 35.1 Å². The standard InChI is InChI=1S/C8H3ClFNO/c9-8(12)5-2-1-3-7(10)6(5)4-11/h1-3H. The number of halogens is 2. The third kappa shape index (κ3) is 1.44. The average molecular weight is 184 g/mol. The lowest BCUT2D eigenvalue weighted by molar-refractivity contribution is 0.108. The molecule has 0 saturated carbocycles. The van der Waals surface area contributed by atoms with Gasteiger partial charge in [-0.3, -0.25) is 4.79 Å². The molecule has 1 aromatic carbocycles. The van der Waals surface area contributed by atoms with Crippen molar-refractivity contribution in [1.82, 2.24) is 0 Å². The van der Waals surface area contributed by atoms with Crippen molar-refractivity contribution in [1.29, 1.82) is 5.26 Å². The Balaban J connectivity index is 3.40. The van der Waals surface area contributed by atoms with Crippen molar-refractivity contribution in [3.63, 3.8) is 0 Å². The summed E-state index contributed by atoms with van der Waals surface area (Å²) < 4.78 is 12.8. The molecule has 0 saturated heterocycles. The summed E-state index contributed by atoms with van der Waals surface area (Å²) in [4.78, 5) is 10.6. The summed E-state index contributed by atoms with van der Waals surface area (Å²) in [6.45, 7) is 0. The minimum Gasteiger partial charge on any atom is -0.276 e. The summed E-state index contributed by atoms with van der Waals surface area (Å²) in [6.07, 6.45) is 0. The van der Waals surface area contributed by atoms with Crippen molar-refractivity contribution < 1.29 is 9.18 Å². The molecule has 0 radical (unpaired) electrons. The van der Waals surface area contributed by atoms with Crippen LogP contribution >= 0.6 is 11.6 Å². The first-order chi connectivity index (χ1) is 5.66. The molecule has 0 atom stereocenters. The molecule has 12 heavy (non-hydrogen) atoms. The van der Waals surface area contributed by atoms with E-state index in [2.05, 4.69) is 0 Å². The van der Waals surface area contributed by atoms with Gasteiger partial charge in [0.2, 0.25) is 0 Å². The summed E-state index contributed by atoms with van der Waals surface area (Å²) >= 11 is 5.10. The molecule has 4 heteroatoms. The summed E-state index contributed by atoms with van der Waals surface area (Å²) in [5, 5.41) is 7.62. The maximum absolute atomic E-state index is 12.8. The van der Waals surface area contributed by atoms with E-state index in [0.717, 1.165) is 6.07 Å². The third-order valence-electron chi connectivity index (χ3n) is 1.34. The topological polar surface area (TPSA) is 40.9 Å². The number of hydrogen-bond acceptors (Lipinski definition) is 2. The van der Waals surface area contributed by atoms with Crippen molar-refractivity contribution >= 4 is 16.8 Å². The second-order valence-electron chi connectivity index (χ2n) is 2.05. The molecule has 0 aliphatic heterocycles. The van der Waals surface area contributed by atoms with Gasteiger partial charge in [0.1, 0.15) is 11.9 Å². The lowest BCUT2D eigenvalue weighted by atomic mass is 10.1. The fourth-order valence-electron chi connectivity index (χ4n) is 0.802. The van der Waals surface area contributed by atoms with Gasteiger partial charge in [-0.25, -0.2) is 4.39 Å². The monoisotopic (exact) mass is 183 g/mol. The first kappa shape index (κ1) is 8.69. The predicted molar refractivity (Wildman–Crippen MR) is 41.3 cm³/mol. The number of benzene rings is 1. The lowest BCUT2D eigenvalue weighted by Crippen LogP contribution is -1.96. The first-order valence-corrected chi connectivity index (χ1v) is 3.43. The molecule has 0 heterocycles. The normalized spacial score (nSPS) is 9.08. The van der Waals surface area contributed by atoms with Crippen molar-refractivity contribution in [2.75, 3.05) is 0 Å². The van der Waals surface area contributed by atoms with Gasteiger partial charge in [-0.2, -0.15) is 5.26 Å². The molecule has 0 spiro atoms. The number of rotatable bonds is 1. The fraction of sp³-hybridized carbons (Fsp3) is 0. The van der Waals surface area contributed by atoms with Crippen molar-refractivity contribution in [3.8, 4) is 6.07 Å². The number of hydrogen-bond donors (Lipinski definition) is 0. The van der Waals surface area contributed by atoms with Crippen LogP contribution in [0.3, 0.4) is 0 Å². The Morgan fingerprint density at radius 1 is 1.58 bits per heavy atom. The van der Waals surface area contributed by atoms with Crippen LogP contribution in [0.1, 0.15) is 15.9 Å². The van der Waals surface area contributed by atoms with Gasteiger partial charge in [-0.1, -0.05) is 6.07 Å². The van der Waals surface area contributed by atoms with Gasteiger partial charge in [0.25, 0.3) is 5.24 Å². The number of carbonyl (C=O) groups is 1. The van der Waals surface area contributed by atoms with Gasteiger partial charge in [0.05, 0.1) is 11.1 Å². The zero-order chi connectivity index (χ0) is 9.14. The van der Waals surface area contributed by atoms with E-state index in [1.165, 1.54) is 12.1 Å². The van der Waals surface area contributed by atoms with Crippen LogP contribution in [-0.4, -0.2) is 5.24 Å². The highest BCUT2D eigenvalue weighted by molar-refractivity contribution is 6.68. The number of nitriles is 1. The quantitative estimate of drug-likeness (QED) is 0.626. The predicted octanol–water partition coefficient (Wildman–Crippen LogP) is 2.08. The van der Waals surface area contributed by atoms with E-state index < -0.39 is 11.1 Å². The van der Waals surface area contributed by atoms with Gasteiger partial charge in [-0.05, 0) is 23.7 Å². The number of carbonyl (C=O) groups excluding carboxylic acids is 1. The van der Waals surface area contributed by atoms with Gasteiger partial charge in [0.15, 0.2) is 0 Å². The Labute approximate surface area is 73.2 Å². The van der Waals surface area contributed by atoms with Crippen LogP contribution in [-0.2, 0) is 0 Å². The lowest BCUT2D eigenvalue weighted by Gasteiger charge is -1.96. The summed E-state index contributed by atoms with van der Waals surface area (Å²) in [6, 6.07) is 5.29. The van der Waals surface area contributed by atoms with Crippen LogP contribution in [0.2, 0.25) is 0 Å². The van der Waals surface area contributed by atoms with Gasteiger partial charge >= 0.3 is 0 Å². The summed E-state index contributed by atoms with van der Waals surface area (Å²) in [7, 11) is 0. The molecule has 0 unspecified atom stereocenters. The molecule has 0 N–H and O–H groups in total. The van der Waals surface area contributed by atoms with Crippen LogP contribution in [0, 0.1) is 17.1 Å². The maximum atomic E-state index is 12.8. The van der Waals surface area contributed by atoms with E-state index in [1.807, 2.05) is 0 Å². The van der Waals surface area contributed by atoms with E-state index in [-0.39, 0.29) is 11.1 Å². The Kier molecular flexibility index (Phi) is 2.41. The Morgan fingerprint density at radius 2 is 2.25 bits per heavy atom. The molecule has 2 nitrogen and oxygen atoms in total. The zero-order valence-corrected chi connectivity index (χ0v) is 6.60. The largest absolute Gasteiger partial charge is 0.276 e. The highest BCUT2D eigenvalue weighted by atomic mass is 35.5. The highest BCUT2D eigenvalue weighted by Gasteiger charge is 2.11. The molecular weight excluding hydrogens is 181 g/mol. The van der Waals surface area contributed by atoms with E-state index in [0.29, 0.717) is 0 Å². The Bertz CT molecular complexity index is 370. The van der Waals surface area contributed by atoms with Crippen molar-refractivity contribution in [2.45, 2.75) is 0 Å². The fourth-order valence-corrected chi connectivity index (χ4v) is 0.959. The molecule has 0 aromatic heterocycles. The van der Waals surface area contributed by atoms with Crippen LogP contribution in [0.4, 0.5) is 4.39 Å². The van der Waals surface area contributed by atoms with Crippen LogP contribution in [0.25, 0.3) is 0 Å². The minimum atomic E-state index is -0.828. The third-order valence-corrected chi connectivity index (χ3v) is 1.54. The van der Waals surface area contributed by atoms with E-state index >= 15 is 0 Å². The molecule has 0 fully saturated rings. The Morgan fingerprint density at radius 3 is 2.67 bits per heavy atom. The average Bonchev–Trinajstić information content (AvgIpc) is 2.03. The SMILES string of the molecule is N#Cc1c(F)cccc1C(=O)Cl. The van der Waals surface area contributed by atoms with Crippen LogP contribution < -0.4 is 0 Å². The Hall–Kier alpha value is -1.40. The molecule has 1 aromatic rings. The van der Waals surface area contributed by atoms with Crippen LogP contribution in [0.5, 0.6) is 0 Å². The zero-order valence-electron chi connectivity index (χ0n) is 5.84. The molecule has 0 amide bonds. The molecule has 0 aliphatic rings. The van der Waals surface area contributed by atoms with Gasteiger partial charge in [-0.15, -0.1) is 0 Å². The first-order valence-electron chi connectivity index (χ1n) is 3.05. The van der Waals surface area contributed by atoms with Crippen molar-refractivity contribution in [2.24, 2.45) is 0 Å².